The van der Waals surface area contributed by atoms with Crippen LogP contribution in [0, 0.1) is 0 Å². The van der Waals surface area contributed by atoms with Gasteiger partial charge in [-0.3, -0.25) is 14.4 Å². The third kappa shape index (κ3) is 4.46. The average Bonchev–Trinajstić information content (AvgIpc) is 3.30. The zero-order chi connectivity index (χ0) is 22.0. The first-order valence-corrected chi connectivity index (χ1v) is 11.7. The van der Waals surface area contributed by atoms with Gasteiger partial charge in [-0.05, 0) is 42.2 Å². The lowest BCUT2D eigenvalue weighted by Gasteiger charge is -2.27. The van der Waals surface area contributed by atoms with Crippen LogP contribution in [-0.2, 0) is 27.1 Å². The molecule has 3 amide bonds. The summed E-state index contributed by atoms with van der Waals surface area (Å²) in [6, 6.07) is 13.4. The summed E-state index contributed by atoms with van der Waals surface area (Å²) in [6.07, 6.45) is 2.05. The van der Waals surface area contributed by atoms with Gasteiger partial charge in [0.2, 0.25) is 15.9 Å². The van der Waals surface area contributed by atoms with Gasteiger partial charge in [-0.15, -0.1) is 0 Å². The highest BCUT2D eigenvalue weighted by Crippen LogP contribution is 2.24. The first kappa shape index (κ1) is 21.0. The topological polar surface area (TPSA) is 104 Å². The zero-order valence-electron chi connectivity index (χ0n) is 16.9. The van der Waals surface area contributed by atoms with Crippen LogP contribution in [0.4, 0.5) is 0 Å². The average molecular weight is 442 g/mol. The van der Waals surface area contributed by atoms with E-state index in [4.69, 9.17) is 0 Å². The number of likely N-dealkylation sites (tertiary alicyclic amines) is 1. The SMILES string of the molecule is O=C(CN1C(=O)c2ccccc2CS1(=O)=O)NCc1ccc(C(=O)N2CCCC2)cc1. The molecule has 2 heterocycles. The van der Waals surface area contributed by atoms with Crippen LogP contribution in [-0.4, -0.2) is 55.0 Å². The Hall–Kier alpha value is -3.20. The number of amides is 3. The Kier molecular flexibility index (Phi) is 5.77. The Balaban J connectivity index is 1.36. The van der Waals surface area contributed by atoms with E-state index in [1.165, 1.54) is 0 Å². The maximum Gasteiger partial charge on any atom is 0.268 e. The standard InChI is InChI=1S/C22H23N3O5S/c26-20(14-25-22(28)19-6-2-1-5-18(19)15-31(25,29)30)23-13-16-7-9-17(10-8-16)21(27)24-11-3-4-12-24/h1-2,5-10H,3-4,11-15H2,(H,23,26). The van der Waals surface area contributed by atoms with Gasteiger partial charge in [0.15, 0.2) is 0 Å². The molecule has 2 aromatic rings. The molecule has 0 bridgehead atoms. The van der Waals surface area contributed by atoms with Gasteiger partial charge in [0.1, 0.15) is 6.54 Å². The summed E-state index contributed by atoms with van der Waals surface area (Å²) in [6.45, 7) is 1.15. The van der Waals surface area contributed by atoms with Gasteiger partial charge >= 0.3 is 0 Å². The van der Waals surface area contributed by atoms with E-state index in [1.54, 1.807) is 48.5 Å². The van der Waals surface area contributed by atoms with Gasteiger partial charge in [0, 0.05) is 30.8 Å². The molecule has 0 spiro atoms. The Morgan fingerprint density at radius 2 is 1.65 bits per heavy atom. The van der Waals surface area contributed by atoms with Crippen LogP contribution in [0.1, 0.15) is 44.7 Å². The molecule has 0 radical (unpaired) electrons. The number of fused-ring (bicyclic) bond motifs is 1. The summed E-state index contributed by atoms with van der Waals surface area (Å²) in [5.74, 6) is -1.58. The van der Waals surface area contributed by atoms with Crippen molar-refractivity contribution in [3.05, 3.63) is 70.8 Å². The maximum atomic E-state index is 12.6. The van der Waals surface area contributed by atoms with E-state index in [9.17, 15) is 22.8 Å². The van der Waals surface area contributed by atoms with E-state index in [0.717, 1.165) is 31.5 Å². The van der Waals surface area contributed by atoms with Crippen molar-refractivity contribution >= 4 is 27.7 Å². The molecule has 2 aromatic carbocycles. The van der Waals surface area contributed by atoms with Gasteiger partial charge in [-0.2, -0.15) is 0 Å². The predicted molar refractivity (Wildman–Crippen MR) is 114 cm³/mol. The van der Waals surface area contributed by atoms with E-state index in [0.29, 0.717) is 21.0 Å². The fourth-order valence-electron chi connectivity index (χ4n) is 3.82. The van der Waals surface area contributed by atoms with Gasteiger partial charge in [-0.25, -0.2) is 12.7 Å². The lowest BCUT2D eigenvalue weighted by atomic mass is 10.1. The molecule has 1 N–H and O–H groups in total. The van der Waals surface area contributed by atoms with Crippen LogP contribution in [0.25, 0.3) is 0 Å². The molecule has 31 heavy (non-hydrogen) atoms. The monoisotopic (exact) mass is 441 g/mol. The van der Waals surface area contributed by atoms with E-state index < -0.39 is 28.4 Å². The fourth-order valence-corrected chi connectivity index (χ4v) is 5.28. The molecule has 1 fully saturated rings. The Labute approximate surface area is 180 Å². The van der Waals surface area contributed by atoms with Crippen LogP contribution in [0.5, 0.6) is 0 Å². The third-order valence-corrected chi connectivity index (χ3v) is 7.16. The molecule has 0 aromatic heterocycles. The molecule has 0 saturated carbocycles. The number of carbonyl (C=O) groups is 3. The summed E-state index contributed by atoms with van der Waals surface area (Å²) < 4.78 is 25.6. The second-order valence-electron chi connectivity index (χ2n) is 7.70. The van der Waals surface area contributed by atoms with E-state index in [-0.39, 0.29) is 18.2 Å². The van der Waals surface area contributed by atoms with E-state index in [1.807, 2.05) is 4.90 Å². The number of rotatable bonds is 5. The van der Waals surface area contributed by atoms with Crippen LogP contribution >= 0.6 is 0 Å². The Morgan fingerprint density at radius 1 is 0.968 bits per heavy atom. The highest BCUT2D eigenvalue weighted by molar-refractivity contribution is 7.89. The van der Waals surface area contributed by atoms with Gasteiger partial charge in [-0.1, -0.05) is 30.3 Å². The van der Waals surface area contributed by atoms with Crippen LogP contribution in [0.15, 0.2) is 48.5 Å². The largest absolute Gasteiger partial charge is 0.350 e. The summed E-state index contributed by atoms with van der Waals surface area (Å²) in [4.78, 5) is 39.1. The minimum absolute atomic E-state index is 0.00202. The number of nitrogens with zero attached hydrogens (tertiary/aromatic N) is 2. The number of hydrogen-bond donors (Lipinski definition) is 1. The second-order valence-corrected chi connectivity index (χ2v) is 9.59. The van der Waals surface area contributed by atoms with Crippen molar-refractivity contribution in [1.29, 1.82) is 0 Å². The van der Waals surface area contributed by atoms with Crippen molar-refractivity contribution in [2.24, 2.45) is 0 Å². The Morgan fingerprint density at radius 3 is 2.35 bits per heavy atom. The molecule has 9 heteroatoms. The van der Waals surface area contributed by atoms with Gasteiger partial charge in [0.05, 0.1) is 5.75 Å². The van der Waals surface area contributed by atoms with Crippen molar-refractivity contribution in [3.8, 4) is 0 Å². The second kappa shape index (κ2) is 8.50. The molecule has 2 aliphatic rings. The molecule has 4 rings (SSSR count). The minimum Gasteiger partial charge on any atom is -0.350 e. The summed E-state index contributed by atoms with van der Waals surface area (Å²) in [5.41, 5.74) is 2.10. The molecule has 0 unspecified atom stereocenters. The molecule has 0 aliphatic carbocycles. The zero-order valence-corrected chi connectivity index (χ0v) is 17.7. The molecular weight excluding hydrogens is 418 g/mol. The summed E-state index contributed by atoms with van der Waals surface area (Å²) in [7, 11) is -3.91. The predicted octanol–water partition coefficient (Wildman–Crippen LogP) is 1.52. The van der Waals surface area contributed by atoms with E-state index in [2.05, 4.69) is 5.32 Å². The molecular formula is C22H23N3O5S. The minimum atomic E-state index is -3.91. The molecule has 8 nitrogen and oxygen atoms in total. The van der Waals surface area contributed by atoms with Gasteiger partial charge < -0.3 is 10.2 Å². The highest BCUT2D eigenvalue weighted by atomic mass is 32.2. The normalized spacial score (nSPS) is 17.4. The number of nitrogens with one attached hydrogen (secondary N) is 1. The van der Waals surface area contributed by atoms with Crippen LogP contribution < -0.4 is 5.32 Å². The highest BCUT2D eigenvalue weighted by Gasteiger charge is 2.36. The first-order valence-electron chi connectivity index (χ1n) is 10.1. The summed E-state index contributed by atoms with van der Waals surface area (Å²) >= 11 is 0. The maximum absolute atomic E-state index is 12.6. The van der Waals surface area contributed by atoms with Crippen LogP contribution in [0.2, 0.25) is 0 Å². The number of sulfonamides is 1. The van der Waals surface area contributed by atoms with Crippen molar-refractivity contribution in [2.45, 2.75) is 25.1 Å². The molecule has 1 saturated heterocycles. The fraction of sp³-hybridized carbons (Fsp3) is 0.318. The van der Waals surface area contributed by atoms with Crippen molar-refractivity contribution < 1.29 is 22.8 Å². The van der Waals surface area contributed by atoms with E-state index >= 15 is 0 Å². The van der Waals surface area contributed by atoms with Crippen LogP contribution in [0.3, 0.4) is 0 Å². The quantitative estimate of drug-likeness (QED) is 0.758. The smallest absolute Gasteiger partial charge is 0.268 e. The summed E-state index contributed by atoms with van der Waals surface area (Å²) in [5, 5.41) is 2.64. The molecule has 2 aliphatic heterocycles. The first-order chi connectivity index (χ1) is 14.8. The third-order valence-electron chi connectivity index (χ3n) is 5.52. The molecule has 0 atom stereocenters. The van der Waals surface area contributed by atoms with Crippen molar-refractivity contribution in [1.82, 2.24) is 14.5 Å². The number of benzene rings is 2. The lowest BCUT2D eigenvalue weighted by Crippen LogP contribution is -2.47. The van der Waals surface area contributed by atoms with Gasteiger partial charge in [0.25, 0.3) is 11.8 Å². The lowest BCUT2D eigenvalue weighted by molar-refractivity contribution is -0.121. The molecule has 162 valence electrons. The number of hydrogen-bond acceptors (Lipinski definition) is 5. The van der Waals surface area contributed by atoms with Crippen molar-refractivity contribution in [2.75, 3.05) is 19.6 Å². The number of carbonyl (C=O) groups excluding carboxylic acids is 3. The Bertz CT molecular complexity index is 1120. The van der Waals surface area contributed by atoms with Crippen molar-refractivity contribution in [3.63, 3.8) is 0 Å².